The van der Waals surface area contributed by atoms with Crippen molar-refractivity contribution < 1.29 is 4.74 Å². The molecule has 1 aliphatic heterocycles. The Labute approximate surface area is 76.3 Å². The summed E-state index contributed by atoms with van der Waals surface area (Å²) < 4.78 is 5.23. The zero-order valence-corrected chi connectivity index (χ0v) is 8.22. The molecule has 0 aromatic carbocycles. The van der Waals surface area contributed by atoms with Crippen molar-refractivity contribution in [3.63, 3.8) is 0 Å². The summed E-state index contributed by atoms with van der Waals surface area (Å²) in [5.41, 5.74) is 0. The van der Waals surface area contributed by atoms with Gasteiger partial charge in [-0.25, -0.2) is 0 Å². The van der Waals surface area contributed by atoms with Crippen LogP contribution in [0.5, 0.6) is 0 Å². The summed E-state index contributed by atoms with van der Waals surface area (Å²) in [7, 11) is 0. The highest BCUT2D eigenvalue weighted by Gasteiger charge is 2.06. The van der Waals surface area contributed by atoms with E-state index in [0.717, 1.165) is 38.2 Å². The molecular weight excluding hydrogens is 206 g/mol. The van der Waals surface area contributed by atoms with Gasteiger partial charge in [-0.2, -0.15) is 0 Å². The Hall–Kier alpha value is 0.140. The number of morpholine rings is 1. The van der Waals surface area contributed by atoms with Crippen LogP contribution < -0.4 is 0 Å². The van der Waals surface area contributed by atoms with Gasteiger partial charge in [0.05, 0.1) is 13.2 Å². The normalized spacial score (nSPS) is 21.2. The summed E-state index contributed by atoms with van der Waals surface area (Å²) in [4.78, 5) is 2.39. The van der Waals surface area contributed by atoms with Crippen molar-refractivity contribution in [2.24, 2.45) is 0 Å². The number of alkyl halides is 1. The zero-order chi connectivity index (χ0) is 7.94. The van der Waals surface area contributed by atoms with Crippen LogP contribution in [-0.4, -0.2) is 43.1 Å². The first kappa shape index (κ1) is 9.23. The van der Waals surface area contributed by atoms with Crippen LogP contribution in [0.2, 0.25) is 0 Å². The number of hydrogen-bond donors (Lipinski definition) is 0. The SMILES string of the molecule is BrC/C=C\CN1CCOCC1. The molecule has 11 heavy (non-hydrogen) atoms. The van der Waals surface area contributed by atoms with Crippen LogP contribution in [0.25, 0.3) is 0 Å². The summed E-state index contributed by atoms with van der Waals surface area (Å²) in [5.74, 6) is 0. The molecule has 0 aromatic rings. The standard InChI is InChI=1S/C8H14BrNO/c9-3-1-2-4-10-5-7-11-8-6-10/h1-2H,3-8H2/b2-1-. The van der Waals surface area contributed by atoms with Crippen LogP contribution in [0.1, 0.15) is 0 Å². The van der Waals surface area contributed by atoms with Crippen LogP contribution in [0, 0.1) is 0 Å². The summed E-state index contributed by atoms with van der Waals surface area (Å²) >= 11 is 3.34. The molecule has 0 amide bonds. The highest BCUT2D eigenvalue weighted by atomic mass is 79.9. The first-order valence-electron chi connectivity index (χ1n) is 3.94. The lowest BCUT2D eigenvalue weighted by Crippen LogP contribution is -2.36. The molecule has 2 nitrogen and oxygen atoms in total. The highest BCUT2D eigenvalue weighted by Crippen LogP contribution is 1.96. The second kappa shape index (κ2) is 5.75. The van der Waals surface area contributed by atoms with Gasteiger partial charge in [-0.15, -0.1) is 0 Å². The largest absolute Gasteiger partial charge is 0.379 e. The first-order valence-corrected chi connectivity index (χ1v) is 5.06. The van der Waals surface area contributed by atoms with E-state index in [4.69, 9.17) is 4.74 Å². The molecule has 0 saturated carbocycles. The minimum Gasteiger partial charge on any atom is -0.379 e. The van der Waals surface area contributed by atoms with E-state index in [1.54, 1.807) is 0 Å². The van der Waals surface area contributed by atoms with Crippen LogP contribution in [0.4, 0.5) is 0 Å². The predicted molar refractivity (Wildman–Crippen MR) is 50.2 cm³/mol. The molecule has 0 aliphatic carbocycles. The molecule has 0 atom stereocenters. The average molecular weight is 220 g/mol. The number of rotatable bonds is 3. The number of nitrogens with zero attached hydrogens (tertiary/aromatic N) is 1. The van der Waals surface area contributed by atoms with E-state index in [9.17, 15) is 0 Å². The Morgan fingerprint density at radius 2 is 2.00 bits per heavy atom. The molecule has 1 heterocycles. The molecule has 0 bridgehead atoms. The van der Waals surface area contributed by atoms with Gasteiger partial charge in [0.15, 0.2) is 0 Å². The molecule has 0 radical (unpaired) electrons. The number of hydrogen-bond acceptors (Lipinski definition) is 2. The minimum atomic E-state index is 0.891. The second-order valence-electron chi connectivity index (χ2n) is 2.54. The second-order valence-corrected chi connectivity index (χ2v) is 3.19. The lowest BCUT2D eigenvalue weighted by Gasteiger charge is -2.24. The van der Waals surface area contributed by atoms with Gasteiger partial charge in [-0.3, -0.25) is 4.90 Å². The minimum absolute atomic E-state index is 0.891. The van der Waals surface area contributed by atoms with Gasteiger partial charge >= 0.3 is 0 Å². The van der Waals surface area contributed by atoms with E-state index in [1.807, 2.05) is 0 Å². The summed E-state index contributed by atoms with van der Waals surface area (Å²) in [6.07, 6.45) is 4.33. The Morgan fingerprint density at radius 1 is 1.27 bits per heavy atom. The third-order valence-corrected chi connectivity index (χ3v) is 2.10. The van der Waals surface area contributed by atoms with Crippen molar-refractivity contribution in [1.82, 2.24) is 4.90 Å². The van der Waals surface area contributed by atoms with Crippen molar-refractivity contribution >= 4 is 15.9 Å². The highest BCUT2D eigenvalue weighted by molar-refractivity contribution is 9.09. The quantitative estimate of drug-likeness (QED) is 0.524. The predicted octanol–water partition coefficient (Wildman–Crippen LogP) is 1.27. The third kappa shape index (κ3) is 3.89. The van der Waals surface area contributed by atoms with Gasteiger partial charge in [0, 0.05) is 25.0 Å². The smallest absolute Gasteiger partial charge is 0.0594 e. The van der Waals surface area contributed by atoms with Gasteiger partial charge in [0.2, 0.25) is 0 Å². The fraction of sp³-hybridized carbons (Fsp3) is 0.750. The van der Waals surface area contributed by atoms with E-state index >= 15 is 0 Å². The molecule has 64 valence electrons. The molecule has 1 aliphatic rings. The Morgan fingerprint density at radius 3 is 2.64 bits per heavy atom. The lowest BCUT2D eigenvalue weighted by atomic mass is 10.4. The van der Waals surface area contributed by atoms with Crippen molar-refractivity contribution in [3.05, 3.63) is 12.2 Å². The molecule has 3 heteroatoms. The molecule has 1 saturated heterocycles. The monoisotopic (exact) mass is 219 g/mol. The van der Waals surface area contributed by atoms with Crippen molar-refractivity contribution in [2.75, 3.05) is 38.2 Å². The van der Waals surface area contributed by atoms with E-state index in [2.05, 4.69) is 33.0 Å². The molecular formula is C8H14BrNO. The lowest BCUT2D eigenvalue weighted by molar-refractivity contribution is 0.0434. The molecule has 1 fully saturated rings. The average Bonchev–Trinajstić information content (AvgIpc) is 2.07. The van der Waals surface area contributed by atoms with Crippen molar-refractivity contribution in [2.45, 2.75) is 0 Å². The zero-order valence-electron chi connectivity index (χ0n) is 6.63. The third-order valence-electron chi connectivity index (χ3n) is 1.72. The molecule has 1 rings (SSSR count). The van der Waals surface area contributed by atoms with Gasteiger partial charge < -0.3 is 4.74 Å². The van der Waals surface area contributed by atoms with E-state index < -0.39 is 0 Å². The topological polar surface area (TPSA) is 12.5 Å². The molecule has 0 aromatic heterocycles. The van der Waals surface area contributed by atoms with Crippen LogP contribution >= 0.6 is 15.9 Å². The van der Waals surface area contributed by atoms with E-state index in [-0.39, 0.29) is 0 Å². The number of allylic oxidation sites excluding steroid dienone is 1. The maximum atomic E-state index is 5.23. The van der Waals surface area contributed by atoms with Crippen LogP contribution in [0.3, 0.4) is 0 Å². The Balaban J connectivity index is 2.09. The maximum absolute atomic E-state index is 5.23. The first-order chi connectivity index (χ1) is 5.43. The Kier molecular flexibility index (Phi) is 4.82. The number of ether oxygens (including phenoxy) is 1. The molecule has 0 N–H and O–H groups in total. The number of halogens is 1. The fourth-order valence-corrected chi connectivity index (χ4v) is 1.33. The van der Waals surface area contributed by atoms with E-state index in [1.165, 1.54) is 0 Å². The van der Waals surface area contributed by atoms with Gasteiger partial charge in [-0.05, 0) is 0 Å². The van der Waals surface area contributed by atoms with Crippen LogP contribution in [-0.2, 0) is 4.74 Å². The van der Waals surface area contributed by atoms with Crippen molar-refractivity contribution in [3.8, 4) is 0 Å². The van der Waals surface area contributed by atoms with Gasteiger partial charge in [0.1, 0.15) is 0 Å². The fourth-order valence-electron chi connectivity index (χ4n) is 1.07. The summed E-state index contributed by atoms with van der Waals surface area (Å²) in [6, 6.07) is 0. The van der Waals surface area contributed by atoms with Crippen LogP contribution in [0.15, 0.2) is 12.2 Å². The molecule has 0 spiro atoms. The van der Waals surface area contributed by atoms with Gasteiger partial charge in [0.25, 0.3) is 0 Å². The van der Waals surface area contributed by atoms with E-state index in [0.29, 0.717) is 0 Å². The maximum Gasteiger partial charge on any atom is 0.0594 e. The Bertz CT molecular complexity index is 121. The van der Waals surface area contributed by atoms with Gasteiger partial charge in [-0.1, -0.05) is 28.1 Å². The molecule has 0 unspecified atom stereocenters. The summed E-state index contributed by atoms with van der Waals surface area (Å²) in [6.45, 7) is 5.00. The summed E-state index contributed by atoms with van der Waals surface area (Å²) in [5, 5.41) is 0.956. The van der Waals surface area contributed by atoms with Crippen molar-refractivity contribution in [1.29, 1.82) is 0 Å².